The number of rotatable bonds is 7. The first-order valence-electron chi connectivity index (χ1n) is 10.2. The Balaban J connectivity index is 1.55. The number of pyridine rings is 1. The highest BCUT2D eigenvalue weighted by Crippen LogP contribution is 2.34. The van der Waals surface area contributed by atoms with Gasteiger partial charge in [0.15, 0.2) is 0 Å². The number of ether oxygens (including phenoxy) is 2. The molecule has 166 valence electrons. The van der Waals surface area contributed by atoms with E-state index >= 15 is 0 Å². The van der Waals surface area contributed by atoms with Crippen molar-refractivity contribution in [2.45, 2.75) is 26.5 Å². The van der Waals surface area contributed by atoms with Gasteiger partial charge in [-0.2, -0.15) is 0 Å². The summed E-state index contributed by atoms with van der Waals surface area (Å²) in [5.41, 5.74) is 3.55. The van der Waals surface area contributed by atoms with E-state index in [-0.39, 0.29) is 12.6 Å². The summed E-state index contributed by atoms with van der Waals surface area (Å²) in [6.45, 7) is 3.36. The molecule has 0 radical (unpaired) electrons. The molecule has 8 heteroatoms. The molecule has 0 spiro atoms. The fraction of sp³-hybridized carbons (Fsp3) is 0.250. The molecule has 0 saturated carbocycles. The lowest BCUT2D eigenvalue weighted by Crippen LogP contribution is -2.20. The maximum absolute atomic E-state index is 14.1. The van der Waals surface area contributed by atoms with Gasteiger partial charge in [0.1, 0.15) is 18.2 Å². The Morgan fingerprint density at radius 3 is 2.69 bits per heavy atom. The number of hydrogen-bond acceptors (Lipinski definition) is 5. The van der Waals surface area contributed by atoms with Gasteiger partial charge in [0.05, 0.1) is 24.1 Å². The second-order valence-corrected chi connectivity index (χ2v) is 8.23. The first-order chi connectivity index (χ1) is 15.5. The van der Waals surface area contributed by atoms with Crippen molar-refractivity contribution in [2.75, 3.05) is 18.1 Å². The number of carbonyl (C=O) groups is 1. The van der Waals surface area contributed by atoms with Crippen LogP contribution in [0.25, 0.3) is 0 Å². The van der Waals surface area contributed by atoms with Crippen molar-refractivity contribution >= 4 is 34.9 Å². The molecule has 0 fully saturated rings. The smallest absolute Gasteiger partial charge is 0.340 e. The zero-order valence-electron chi connectivity index (χ0n) is 17.4. The number of halogens is 3. The fourth-order valence-corrected chi connectivity index (χ4v) is 4.09. The maximum Gasteiger partial charge on any atom is 0.340 e. The molecule has 0 unspecified atom stereocenters. The lowest BCUT2D eigenvalue weighted by molar-refractivity contribution is 0.0525. The second kappa shape index (κ2) is 9.76. The van der Waals surface area contributed by atoms with Gasteiger partial charge in [0.25, 0.3) is 0 Å². The van der Waals surface area contributed by atoms with Crippen LogP contribution in [0.5, 0.6) is 5.75 Å². The molecule has 4 rings (SSSR count). The van der Waals surface area contributed by atoms with Crippen molar-refractivity contribution in [3.05, 3.63) is 86.9 Å². The van der Waals surface area contributed by atoms with Crippen LogP contribution in [-0.2, 0) is 24.3 Å². The van der Waals surface area contributed by atoms with E-state index in [2.05, 4.69) is 9.88 Å². The van der Waals surface area contributed by atoms with Gasteiger partial charge in [-0.3, -0.25) is 4.98 Å². The first kappa shape index (κ1) is 22.4. The van der Waals surface area contributed by atoms with Crippen molar-refractivity contribution < 1.29 is 18.7 Å². The molecule has 1 aromatic heterocycles. The van der Waals surface area contributed by atoms with E-state index in [4.69, 9.17) is 32.7 Å². The van der Waals surface area contributed by atoms with Crippen LogP contribution in [0.4, 0.5) is 10.1 Å². The minimum absolute atomic E-state index is 0.0583. The van der Waals surface area contributed by atoms with Crippen molar-refractivity contribution in [1.29, 1.82) is 0 Å². The molecular formula is C24H21Cl2FN2O3. The Morgan fingerprint density at radius 2 is 1.91 bits per heavy atom. The molecule has 32 heavy (non-hydrogen) atoms. The predicted molar refractivity (Wildman–Crippen MR) is 122 cm³/mol. The lowest BCUT2D eigenvalue weighted by atomic mass is 10.1. The second-order valence-electron chi connectivity index (χ2n) is 7.35. The molecule has 0 bridgehead atoms. The van der Waals surface area contributed by atoms with Crippen molar-refractivity contribution in [3.8, 4) is 5.75 Å². The number of hydrogen-bond donors (Lipinski definition) is 0. The highest BCUT2D eigenvalue weighted by molar-refractivity contribution is 6.30. The van der Waals surface area contributed by atoms with Gasteiger partial charge < -0.3 is 14.4 Å². The normalized spacial score (nSPS) is 12.6. The quantitative estimate of drug-likeness (QED) is 0.402. The average molecular weight is 475 g/mol. The van der Waals surface area contributed by atoms with Gasteiger partial charge in [-0.1, -0.05) is 29.3 Å². The number of esters is 1. The van der Waals surface area contributed by atoms with Gasteiger partial charge in [-0.15, -0.1) is 0 Å². The monoisotopic (exact) mass is 474 g/mol. The van der Waals surface area contributed by atoms with Crippen LogP contribution in [0.1, 0.15) is 34.0 Å². The van der Waals surface area contributed by atoms with Crippen molar-refractivity contribution in [2.24, 2.45) is 0 Å². The largest absolute Gasteiger partial charge is 0.488 e. The molecule has 0 saturated heterocycles. The lowest BCUT2D eigenvalue weighted by Gasteiger charge is -2.21. The van der Waals surface area contributed by atoms with E-state index in [1.54, 1.807) is 43.6 Å². The number of aromatic nitrogens is 1. The summed E-state index contributed by atoms with van der Waals surface area (Å²) >= 11 is 12.1. The summed E-state index contributed by atoms with van der Waals surface area (Å²) < 4.78 is 25.2. The fourth-order valence-electron chi connectivity index (χ4n) is 3.74. The Morgan fingerprint density at radius 1 is 1.12 bits per heavy atom. The Bertz CT molecular complexity index is 1160. The standard InChI is InChI=1S/C24H21Cl2FN2O3/c1-2-31-24(30)20-11-28-12-22-19(20)7-8-29(22)13-16-9-17(25)5-6-23(16)32-14-15-3-4-18(26)10-21(15)27/h3-6,9-12H,2,7-8,13-14H2,1H3. The third kappa shape index (κ3) is 4.81. The highest BCUT2D eigenvalue weighted by atomic mass is 35.5. The van der Waals surface area contributed by atoms with Gasteiger partial charge in [0.2, 0.25) is 0 Å². The molecule has 0 atom stereocenters. The summed E-state index contributed by atoms with van der Waals surface area (Å²) in [7, 11) is 0. The van der Waals surface area contributed by atoms with Crippen molar-refractivity contribution in [1.82, 2.24) is 4.98 Å². The molecule has 1 aliphatic rings. The number of benzene rings is 2. The summed E-state index contributed by atoms with van der Waals surface area (Å²) in [4.78, 5) is 18.6. The topological polar surface area (TPSA) is 51.7 Å². The van der Waals surface area contributed by atoms with Crippen LogP contribution in [0.3, 0.4) is 0 Å². The third-order valence-electron chi connectivity index (χ3n) is 5.28. The molecule has 0 aliphatic carbocycles. The van der Waals surface area contributed by atoms with E-state index < -0.39 is 5.82 Å². The van der Waals surface area contributed by atoms with Crippen LogP contribution < -0.4 is 9.64 Å². The van der Waals surface area contributed by atoms with E-state index in [1.807, 2.05) is 6.07 Å². The first-order valence-corrected chi connectivity index (χ1v) is 11.0. The number of anilines is 1. The third-order valence-corrected chi connectivity index (χ3v) is 5.75. The molecule has 1 aliphatic heterocycles. The minimum atomic E-state index is -0.418. The van der Waals surface area contributed by atoms with Crippen LogP contribution in [0.15, 0.2) is 48.8 Å². The Hall–Kier alpha value is -2.83. The van der Waals surface area contributed by atoms with Crippen LogP contribution in [-0.4, -0.2) is 24.1 Å². The van der Waals surface area contributed by atoms with Gasteiger partial charge >= 0.3 is 5.97 Å². The minimum Gasteiger partial charge on any atom is -0.488 e. The maximum atomic E-state index is 14.1. The average Bonchev–Trinajstić information content (AvgIpc) is 3.17. The molecule has 2 heterocycles. The Kier molecular flexibility index (Phi) is 6.82. The summed E-state index contributed by atoms with van der Waals surface area (Å²) in [5.74, 6) is -0.179. The van der Waals surface area contributed by atoms with E-state index in [0.717, 1.165) is 16.8 Å². The van der Waals surface area contributed by atoms with E-state index in [9.17, 15) is 9.18 Å². The predicted octanol–water partition coefficient (Wildman–Crippen LogP) is 5.85. The van der Waals surface area contributed by atoms with Gasteiger partial charge in [0, 0.05) is 40.5 Å². The van der Waals surface area contributed by atoms with Crippen molar-refractivity contribution in [3.63, 3.8) is 0 Å². The number of fused-ring (bicyclic) bond motifs is 1. The van der Waals surface area contributed by atoms with Crippen LogP contribution in [0, 0.1) is 5.82 Å². The molecule has 2 aromatic carbocycles. The molecule has 3 aromatic rings. The number of nitrogens with zero attached hydrogens (tertiary/aromatic N) is 2. The molecular weight excluding hydrogens is 454 g/mol. The van der Waals surface area contributed by atoms with Crippen LogP contribution >= 0.6 is 23.2 Å². The number of carbonyl (C=O) groups excluding carboxylic acids is 1. The van der Waals surface area contributed by atoms with Crippen LogP contribution in [0.2, 0.25) is 10.0 Å². The molecule has 0 amide bonds. The van der Waals surface area contributed by atoms with Gasteiger partial charge in [-0.05, 0) is 49.2 Å². The summed E-state index contributed by atoms with van der Waals surface area (Å²) in [6, 6.07) is 9.83. The summed E-state index contributed by atoms with van der Waals surface area (Å²) in [5, 5.41) is 0.907. The zero-order valence-corrected chi connectivity index (χ0v) is 18.9. The van der Waals surface area contributed by atoms with Gasteiger partial charge in [-0.25, -0.2) is 9.18 Å². The SMILES string of the molecule is CCOC(=O)c1cncc2c1CCN2Cc1cc(Cl)ccc1OCc1ccc(Cl)cc1F. The highest BCUT2D eigenvalue weighted by Gasteiger charge is 2.26. The Labute approximate surface area is 195 Å². The molecule has 5 nitrogen and oxygen atoms in total. The summed E-state index contributed by atoms with van der Waals surface area (Å²) in [6.07, 6.45) is 4.01. The van der Waals surface area contributed by atoms with E-state index in [1.165, 1.54) is 6.07 Å². The zero-order chi connectivity index (χ0) is 22.7. The molecule has 0 N–H and O–H groups in total. The van der Waals surface area contributed by atoms with E-state index in [0.29, 0.717) is 53.0 Å².